The van der Waals surface area contributed by atoms with Crippen molar-refractivity contribution in [1.82, 2.24) is 14.5 Å². The van der Waals surface area contributed by atoms with Crippen molar-refractivity contribution in [3.63, 3.8) is 0 Å². The minimum Gasteiger partial charge on any atom is -0.281 e. The summed E-state index contributed by atoms with van der Waals surface area (Å²) in [6.07, 6.45) is 0. The zero-order chi connectivity index (χ0) is 13.3. The molecule has 0 aliphatic carbocycles. The first-order valence-corrected chi connectivity index (χ1v) is 7.75. The third-order valence-electron chi connectivity index (χ3n) is 2.69. The van der Waals surface area contributed by atoms with Gasteiger partial charge in [-0.3, -0.25) is 5.10 Å². The fourth-order valence-electron chi connectivity index (χ4n) is 1.78. The van der Waals surface area contributed by atoms with Crippen LogP contribution in [0, 0.1) is 13.8 Å². The summed E-state index contributed by atoms with van der Waals surface area (Å²) < 4.78 is 26.2. The zero-order valence-electron chi connectivity index (χ0n) is 10.5. The second-order valence-electron chi connectivity index (χ2n) is 4.10. The molecule has 2 rings (SSSR count). The lowest BCUT2D eigenvalue weighted by Crippen LogP contribution is -2.27. The number of thiophene rings is 1. The molecule has 2 aromatic rings. The molecule has 0 atom stereocenters. The minimum absolute atomic E-state index is 0.279. The first kappa shape index (κ1) is 13.3. The van der Waals surface area contributed by atoms with Gasteiger partial charge < -0.3 is 0 Å². The van der Waals surface area contributed by atoms with Crippen LogP contribution in [0.4, 0.5) is 0 Å². The fraction of sp³-hybridized carbons (Fsp3) is 0.364. The van der Waals surface area contributed by atoms with Crippen LogP contribution >= 0.6 is 11.3 Å². The molecule has 7 heteroatoms. The molecule has 0 aliphatic rings. The Balaban J connectivity index is 2.32. The Morgan fingerprint density at radius 3 is 2.67 bits per heavy atom. The number of sulfonamides is 1. The summed E-state index contributed by atoms with van der Waals surface area (Å²) in [5, 5.41) is 8.57. The van der Waals surface area contributed by atoms with E-state index in [2.05, 4.69) is 10.2 Å². The molecule has 18 heavy (non-hydrogen) atoms. The van der Waals surface area contributed by atoms with Crippen LogP contribution in [0.25, 0.3) is 0 Å². The molecule has 0 radical (unpaired) electrons. The quantitative estimate of drug-likeness (QED) is 0.933. The lowest BCUT2D eigenvalue weighted by atomic mass is 10.4. The van der Waals surface area contributed by atoms with Crippen molar-refractivity contribution in [3.05, 3.63) is 33.8 Å². The molecular weight excluding hydrogens is 270 g/mol. The van der Waals surface area contributed by atoms with E-state index in [1.807, 2.05) is 17.5 Å². The Hall–Kier alpha value is -1.18. The molecule has 0 unspecified atom stereocenters. The Labute approximate surface area is 111 Å². The van der Waals surface area contributed by atoms with E-state index in [0.29, 0.717) is 17.9 Å². The summed E-state index contributed by atoms with van der Waals surface area (Å²) in [5.74, 6) is 0. The normalized spacial score (nSPS) is 12.2. The average Bonchev–Trinajstić information content (AvgIpc) is 2.89. The Morgan fingerprint density at radius 2 is 2.17 bits per heavy atom. The monoisotopic (exact) mass is 285 g/mol. The van der Waals surface area contributed by atoms with E-state index in [4.69, 9.17) is 0 Å². The van der Waals surface area contributed by atoms with E-state index in [1.54, 1.807) is 32.2 Å². The number of rotatable bonds is 4. The Morgan fingerprint density at radius 1 is 1.44 bits per heavy atom. The first-order valence-electron chi connectivity index (χ1n) is 5.43. The Bertz CT molecular complexity index is 610. The number of nitrogens with one attached hydrogen (secondary N) is 1. The molecule has 2 aromatic heterocycles. The van der Waals surface area contributed by atoms with Crippen molar-refractivity contribution in [1.29, 1.82) is 0 Å². The van der Waals surface area contributed by atoms with Crippen LogP contribution in [-0.4, -0.2) is 30.0 Å². The highest BCUT2D eigenvalue weighted by atomic mass is 32.2. The van der Waals surface area contributed by atoms with E-state index >= 15 is 0 Å². The van der Waals surface area contributed by atoms with Crippen LogP contribution in [0.5, 0.6) is 0 Å². The number of hydrogen-bond donors (Lipinski definition) is 1. The number of hydrogen-bond acceptors (Lipinski definition) is 4. The number of H-pyrrole nitrogens is 1. The Kier molecular flexibility index (Phi) is 3.56. The minimum atomic E-state index is -3.49. The summed E-state index contributed by atoms with van der Waals surface area (Å²) in [4.78, 5) is 1.29. The second-order valence-corrected chi connectivity index (χ2v) is 7.12. The van der Waals surface area contributed by atoms with Crippen LogP contribution < -0.4 is 0 Å². The molecule has 0 aliphatic heterocycles. The van der Waals surface area contributed by atoms with Crippen molar-refractivity contribution in [2.45, 2.75) is 25.3 Å². The molecule has 0 saturated carbocycles. The SMILES string of the molecule is Cc1n[nH]c(C)c1S(=O)(=O)N(C)Cc1cccs1. The maximum atomic E-state index is 12.4. The van der Waals surface area contributed by atoms with Crippen LogP contribution in [0.1, 0.15) is 16.3 Å². The first-order chi connectivity index (χ1) is 8.43. The standard InChI is InChI=1S/C11H15N3O2S2/c1-8-11(9(2)13-12-8)18(15,16)14(3)7-10-5-4-6-17-10/h4-6H,7H2,1-3H3,(H,12,13). The number of nitrogens with zero attached hydrogens (tertiary/aromatic N) is 2. The highest BCUT2D eigenvalue weighted by molar-refractivity contribution is 7.89. The van der Waals surface area contributed by atoms with Gasteiger partial charge in [0.15, 0.2) is 0 Å². The molecule has 0 saturated heterocycles. The van der Waals surface area contributed by atoms with Crippen molar-refractivity contribution < 1.29 is 8.42 Å². The van der Waals surface area contributed by atoms with E-state index in [1.165, 1.54) is 4.31 Å². The molecule has 98 valence electrons. The van der Waals surface area contributed by atoms with Crippen LogP contribution in [0.2, 0.25) is 0 Å². The summed E-state index contributed by atoms with van der Waals surface area (Å²) in [6.45, 7) is 3.78. The third kappa shape index (κ3) is 2.33. The number of aromatic amines is 1. The predicted molar refractivity (Wildman–Crippen MR) is 71.0 cm³/mol. The third-order valence-corrected chi connectivity index (χ3v) is 5.62. The summed E-state index contributed by atoms with van der Waals surface area (Å²) in [6, 6.07) is 3.83. The smallest absolute Gasteiger partial charge is 0.246 e. The van der Waals surface area contributed by atoms with Gasteiger partial charge in [0.1, 0.15) is 4.90 Å². The highest BCUT2D eigenvalue weighted by Gasteiger charge is 2.27. The summed E-state index contributed by atoms with van der Waals surface area (Å²) >= 11 is 1.54. The van der Waals surface area contributed by atoms with E-state index in [-0.39, 0.29) is 4.90 Å². The van der Waals surface area contributed by atoms with Gasteiger partial charge in [0.25, 0.3) is 0 Å². The van der Waals surface area contributed by atoms with Gasteiger partial charge in [-0.25, -0.2) is 8.42 Å². The van der Waals surface area contributed by atoms with Gasteiger partial charge in [-0.05, 0) is 25.3 Å². The predicted octanol–water partition coefficient (Wildman–Crippen LogP) is 1.91. The molecule has 2 heterocycles. The molecule has 0 bridgehead atoms. The largest absolute Gasteiger partial charge is 0.281 e. The van der Waals surface area contributed by atoms with Gasteiger partial charge in [-0.15, -0.1) is 11.3 Å². The van der Waals surface area contributed by atoms with Crippen molar-refractivity contribution in [2.24, 2.45) is 0 Å². The number of aryl methyl sites for hydroxylation is 2. The van der Waals surface area contributed by atoms with Gasteiger partial charge in [0.05, 0.1) is 11.4 Å². The molecular formula is C11H15N3O2S2. The molecule has 0 aromatic carbocycles. The van der Waals surface area contributed by atoms with E-state index in [0.717, 1.165) is 4.88 Å². The lowest BCUT2D eigenvalue weighted by Gasteiger charge is -2.16. The molecule has 1 N–H and O–H groups in total. The maximum absolute atomic E-state index is 12.4. The fourth-order valence-corrected chi connectivity index (χ4v) is 4.09. The summed E-state index contributed by atoms with van der Waals surface area (Å²) in [5.41, 5.74) is 1.08. The van der Waals surface area contributed by atoms with E-state index in [9.17, 15) is 8.42 Å². The van der Waals surface area contributed by atoms with Gasteiger partial charge in [0.2, 0.25) is 10.0 Å². The molecule has 0 fully saturated rings. The maximum Gasteiger partial charge on any atom is 0.246 e. The van der Waals surface area contributed by atoms with E-state index < -0.39 is 10.0 Å². The van der Waals surface area contributed by atoms with Crippen molar-refractivity contribution in [3.8, 4) is 0 Å². The van der Waals surface area contributed by atoms with Gasteiger partial charge in [0, 0.05) is 18.5 Å². The van der Waals surface area contributed by atoms with Crippen molar-refractivity contribution >= 4 is 21.4 Å². The van der Waals surface area contributed by atoms with Gasteiger partial charge >= 0.3 is 0 Å². The van der Waals surface area contributed by atoms with Gasteiger partial charge in [-0.1, -0.05) is 6.07 Å². The molecule has 5 nitrogen and oxygen atoms in total. The van der Waals surface area contributed by atoms with Crippen LogP contribution in [0.3, 0.4) is 0 Å². The topological polar surface area (TPSA) is 66.1 Å². The zero-order valence-corrected chi connectivity index (χ0v) is 12.1. The molecule has 0 spiro atoms. The second kappa shape index (κ2) is 4.83. The summed E-state index contributed by atoms with van der Waals surface area (Å²) in [7, 11) is -1.90. The lowest BCUT2D eigenvalue weighted by molar-refractivity contribution is 0.469. The molecule has 0 amide bonds. The van der Waals surface area contributed by atoms with Crippen molar-refractivity contribution in [2.75, 3.05) is 7.05 Å². The highest BCUT2D eigenvalue weighted by Crippen LogP contribution is 2.22. The van der Waals surface area contributed by atoms with Crippen LogP contribution in [-0.2, 0) is 16.6 Å². The average molecular weight is 285 g/mol. The van der Waals surface area contributed by atoms with Crippen LogP contribution in [0.15, 0.2) is 22.4 Å². The number of aromatic nitrogens is 2. The van der Waals surface area contributed by atoms with Gasteiger partial charge in [-0.2, -0.15) is 9.40 Å².